The first-order chi connectivity index (χ1) is 11.9. The summed E-state index contributed by atoms with van der Waals surface area (Å²) in [7, 11) is -4.32. The summed E-state index contributed by atoms with van der Waals surface area (Å²) in [6, 6.07) is 6.27. The molecule has 0 saturated carbocycles. The normalized spacial score (nSPS) is 12.5. The van der Waals surface area contributed by atoms with E-state index < -0.39 is 15.4 Å². The summed E-state index contributed by atoms with van der Waals surface area (Å²) in [6.07, 6.45) is 9.08. The van der Waals surface area contributed by atoms with Crippen LogP contribution in [0.5, 0.6) is 5.75 Å². The van der Waals surface area contributed by atoms with Gasteiger partial charge < -0.3 is 9.29 Å². The van der Waals surface area contributed by atoms with Crippen molar-refractivity contribution in [2.45, 2.75) is 83.8 Å². The van der Waals surface area contributed by atoms with Gasteiger partial charge in [0.25, 0.3) is 0 Å². The Hall–Kier alpha value is -0.0700. The molecule has 6 heteroatoms. The molecular weight excluding hydrogens is 359 g/mol. The van der Waals surface area contributed by atoms with E-state index in [1.807, 2.05) is 6.07 Å². The minimum Gasteiger partial charge on any atom is -0.748 e. The summed E-state index contributed by atoms with van der Waals surface area (Å²) < 4.78 is 39.7. The molecule has 4 nitrogen and oxygen atoms in total. The quantitative estimate of drug-likeness (QED) is 0.292. The summed E-state index contributed by atoms with van der Waals surface area (Å²) in [4.78, 5) is 0. The smallest absolute Gasteiger partial charge is 0.748 e. The maximum atomic E-state index is 11.3. The molecule has 0 aliphatic heterocycles. The van der Waals surface area contributed by atoms with Crippen LogP contribution >= 0.6 is 0 Å². The van der Waals surface area contributed by atoms with Crippen LogP contribution in [0.25, 0.3) is 0 Å². The van der Waals surface area contributed by atoms with E-state index in [2.05, 4.69) is 26.0 Å². The van der Waals surface area contributed by atoms with E-state index in [0.29, 0.717) is 0 Å². The van der Waals surface area contributed by atoms with Crippen LogP contribution in [0, 0.1) is 0 Å². The Labute approximate surface area is 182 Å². The van der Waals surface area contributed by atoms with Crippen LogP contribution in [0.3, 0.4) is 0 Å². The van der Waals surface area contributed by atoms with Crippen molar-refractivity contribution >= 4 is 10.1 Å². The fourth-order valence-corrected chi connectivity index (χ4v) is 3.47. The maximum Gasteiger partial charge on any atom is 1.00 e. The fourth-order valence-electron chi connectivity index (χ4n) is 2.83. The number of hydrogen-bond donors (Lipinski definition) is 0. The van der Waals surface area contributed by atoms with E-state index in [-0.39, 0.29) is 42.6 Å². The molecule has 0 N–H and O–H groups in total. The predicted octanol–water partition coefficient (Wildman–Crippen LogP) is 1.86. The minimum absolute atomic E-state index is 0. The standard InChI is InChI=1S/C20H34O4S.Na/c1-4-7-9-11-17-13-14-18(12-10-8-5-2)20(15-17)24-16-19(6-3)25(21,22)23;/h13-15,19H,4-12,16H2,1-3H3,(H,21,22,23);/q;+1/p-1. The van der Waals surface area contributed by atoms with E-state index in [4.69, 9.17) is 4.74 Å². The Morgan fingerprint density at radius 1 is 1.00 bits per heavy atom. The van der Waals surface area contributed by atoms with Crippen molar-refractivity contribution in [2.75, 3.05) is 6.61 Å². The molecule has 0 fully saturated rings. The van der Waals surface area contributed by atoms with Gasteiger partial charge in [-0.25, -0.2) is 8.42 Å². The van der Waals surface area contributed by atoms with Crippen LogP contribution in [-0.4, -0.2) is 24.8 Å². The molecule has 0 amide bonds. The van der Waals surface area contributed by atoms with Crippen molar-refractivity contribution in [2.24, 2.45) is 0 Å². The summed E-state index contributed by atoms with van der Waals surface area (Å²) in [5.41, 5.74) is 2.31. The Kier molecular flexibility index (Phi) is 14.0. The van der Waals surface area contributed by atoms with Gasteiger partial charge in [0.15, 0.2) is 0 Å². The molecular formula is C20H33NaO4S. The van der Waals surface area contributed by atoms with Crippen molar-refractivity contribution in [1.29, 1.82) is 0 Å². The Morgan fingerprint density at radius 2 is 1.62 bits per heavy atom. The first-order valence-electron chi connectivity index (χ1n) is 9.61. The van der Waals surface area contributed by atoms with Gasteiger partial charge in [0, 0.05) is 0 Å². The van der Waals surface area contributed by atoms with Crippen LogP contribution in [0.15, 0.2) is 18.2 Å². The monoisotopic (exact) mass is 392 g/mol. The van der Waals surface area contributed by atoms with E-state index in [1.165, 1.54) is 18.4 Å². The van der Waals surface area contributed by atoms with E-state index in [9.17, 15) is 13.0 Å². The van der Waals surface area contributed by atoms with E-state index >= 15 is 0 Å². The first-order valence-corrected chi connectivity index (χ1v) is 11.1. The molecule has 0 spiro atoms. The van der Waals surface area contributed by atoms with Crippen LogP contribution in [0.2, 0.25) is 0 Å². The van der Waals surface area contributed by atoms with Gasteiger partial charge in [0.05, 0.1) is 5.25 Å². The van der Waals surface area contributed by atoms with Crippen LogP contribution in [0.4, 0.5) is 0 Å². The molecule has 1 aromatic carbocycles. The van der Waals surface area contributed by atoms with Crippen molar-refractivity contribution in [3.63, 3.8) is 0 Å². The van der Waals surface area contributed by atoms with Crippen molar-refractivity contribution in [1.82, 2.24) is 0 Å². The van der Waals surface area contributed by atoms with Crippen molar-refractivity contribution in [3.05, 3.63) is 29.3 Å². The van der Waals surface area contributed by atoms with Crippen LogP contribution in [-0.2, 0) is 23.0 Å². The van der Waals surface area contributed by atoms with Gasteiger partial charge in [-0.3, -0.25) is 0 Å². The van der Waals surface area contributed by atoms with Gasteiger partial charge in [0.2, 0.25) is 0 Å². The molecule has 0 radical (unpaired) electrons. The maximum absolute atomic E-state index is 11.3. The molecule has 1 rings (SSSR count). The third-order valence-corrected chi connectivity index (χ3v) is 5.82. The third kappa shape index (κ3) is 9.75. The number of hydrogen-bond acceptors (Lipinski definition) is 4. The number of benzene rings is 1. The topological polar surface area (TPSA) is 66.4 Å². The minimum atomic E-state index is -4.32. The van der Waals surface area contributed by atoms with E-state index in [1.54, 1.807) is 6.92 Å². The predicted molar refractivity (Wildman–Crippen MR) is 102 cm³/mol. The Bertz CT molecular complexity index is 602. The molecule has 1 unspecified atom stereocenters. The van der Waals surface area contributed by atoms with Crippen LogP contribution in [0.1, 0.15) is 76.8 Å². The zero-order valence-electron chi connectivity index (χ0n) is 16.9. The average molecular weight is 393 g/mol. The second-order valence-corrected chi connectivity index (χ2v) is 8.34. The number of rotatable bonds is 13. The molecule has 0 aromatic heterocycles. The number of aryl methyl sites for hydroxylation is 2. The summed E-state index contributed by atoms with van der Waals surface area (Å²) in [5, 5.41) is -0.986. The second kappa shape index (κ2) is 14.0. The Morgan fingerprint density at radius 3 is 2.15 bits per heavy atom. The molecule has 0 bridgehead atoms. The van der Waals surface area contributed by atoms with Crippen LogP contribution < -0.4 is 34.3 Å². The Balaban J connectivity index is 0.00000625. The molecule has 0 aliphatic rings. The molecule has 1 aromatic rings. The van der Waals surface area contributed by atoms with Crippen molar-refractivity contribution in [3.8, 4) is 5.75 Å². The summed E-state index contributed by atoms with van der Waals surface area (Å²) in [6.45, 7) is 5.98. The van der Waals surface area contributed by atoms with Crippen molar-refractivity contribution < 1.29 is 47.3 Å². The number of ether oxygens (including phenoxy) is 1. The largest absolute Gasteiger partial charge is 1.00 e. The third-order valence-electron chi connectivity index (χ3n) is 4.54. The molecule has 1 atom stereocenters. The van der Waals surface area contributed by atoms with Gasteiger partial charge in [-0.05, 0) is 49.3 Å². The van der Waals surface area contributed by atoms with Gasteiger partial charge in [-0.15, -0.1) is 0 Å². The molecule has 0 saturated heterocycles. The molecule has 26 heavy (non-hydrogen) atoms. The SMILES string of the molecule is CCCCCc1ccc(CCCCC)c(OCC(CC)S(=O)(=O)[O-])c1.[Na+]. The zero-order chi connectivity index (χ0) is 18.7. The van der Waals surface area contributed by atoms with Gasteiger partial charge in [-0.1, -0.05) is 58.6 Å². The van der Waals surface area contributed by atoms with E-state index in [0.717, 1.165) is 49.8 Å². The average Bonchev–Trinajstić information content (AvgIpc) is 2.56. The summed E-state index contributed by atoms with van der Waals surface area (Å²) >= 11 is 0. The zero-order valence-corrected chi connectivity index (χ0v) is 19.7. The summed E-state index contributed by atoms with van der Waals surface area (Å²) in [5.74, 6) is 0.743. The fraction of sp³-hybridized carbons (Fsp3) is 0.700. The van der Waals surface area contributed by atoms with Gasteiger partial charge in [-0.2, -0.15) is 0 Å². The first kappa shape index (κ1) is 25.9. The number of unbranched alkanes of at least 4 members (excludes halogenated alkanes) is 4. The molecule has 144 valence electrons. The van der Waals surface area contributed by atoms with Gasteiger partial charge in [0.1, 0.15) is 22.5 Å². The van der Waals surface area contributed by atoms with Gasteiger partial charge >= 0.3 is 29.6 Å². The second-order valence-electron chi connectivity index (χ2n) is 6.69. The molecule has 0 aliphatic carbocycles. The molecule has 0 heterocycles.